The van der Waals surface area contributed by atoms with Crippen molar-refractivity contribution in [2.45, 2.75) is 38.7 Å². The lowest BCUT2D eigenvalue weighted by atomic mass is 10.1. The summed E-state index contributed by atoms with van der Waals surface area (Å²) in [4.78, 5) is 38.3. The molecule has 2 heterocycles. The van der Waals surface area contributed by atoms with Gasteiger partial charge in [0.25, 0.3) is 11.8 Å². The number of benzene rings is 1. The molecule has 180 valence electrons. The van der Waals surface area contributed by atoms with Gasteiger partial charge in [0.05, 0.1) is 24.1 Å². The topological polar surface area (TPSA) is 132 Å². The van der Waals surface area contributed by atoms with Crippen LogP contribution in [0.15, 0.2) is 41.7 Å². The molecule has 0 aliphatic heterocycles. The minimum absolute atomic E-state index is 0.224. The first-order chi connectivity index (χ1) is 16.9. The van der Waals surface area contributed by atoms with Gasteiger partial charge in [0.1, 0.15) is 28.1 Å². The third-order valence-electron chi connectivity index (χ3n) is 5.55. The van der Waals surface area contributed by atoms with Gasteiger partial charge < -0.3 is 21.1 Å². The molecule has 1 aromatic carbocycles. The lowest BCUT2D eigenvalue weighted by Crippen LogP contribution is -2.17. The van der Waals surface area contributed by atoms with Crippen molar-refractivity contribution >= 4 is 45.6 Å². The van der Waals surface area contributed by atoms with E-state index in [4.69, 9.17) is 10.5 Å². The van der Waals surface area contributed by atoms with Crippen LogP contribution in [0.25, 0.3) is 0 Å². The largest absolute Gasteiger partial charge is 0.489 e. The van der Waals surface area contributed by atoms with E-state index >= 15 is 0 Å². The van der Waals surface area contributed by atoms with E-state index in [9.17, 15) is 14.0 Å². The molecule has 0 radical (unpaired) electrons. The zero-order valence-electron chi connectivity index (χ0n) is 18.9. The van der Waals surface area contributed by atoms with Crippen molar-refractivity contribution in [1.82, 2.24) is 9.97 Å². The van der Waals surface area contributed by atoms with E-state index in [-0.39, 0.29) is 17.5 Å². The first-order valence-corrected chi connectivity index (χ1v) is 12.0. The van der Waals surface area contributed by atoms with E-state index in [1.165, 1.54) is 24.5 Å². The van der Waals surface area contributed by atoms with Gasteiger partial charge in [0.2, 0.25) is 5.13 Å². The molecule has 0 atom stereocenters. The number of pyridine rings is 1. The number of aliphatic imine (C=N–C) groups is 1. The second kappa shape index (κ2) is 9.41. The number of carbonyl (C=O) groups excluding carboxylic acids is 2. The van der Waals surface area contributed by atoms with Gasteiger partial charge in [-0.05, 0) is 62.4 Å². The molecule has 0 saturated heterocycles. The first kappa shape index (κ1) is 22.9. The van der Waals surface area contributed by atoms with Crippen molar-refractivity contribution in [2.75, 3.05) is 10.6 Å². The van der Waals surface area contributed by atoms with Gasteiger partial charge in [0.15, 0.2) is 0 Å². The Balaban J connectivity index is 1.27. The number of ether oxygens (including phenoxy) is 1. The fraction of sp³-hybridized carbons (Fsp3) is 0.292. The van der Waals surface area contributed by atoms with E-state index in [2.05, 4.69) is 25.6 Å². The number of nitrogens with one attached hydrogen (secondary N) is 2. The Bertz CT molecular complexity index is 1320. The molecule has 2 aliphatic rings. The van der Waals surface area contributed by atoms with Crippen molar-refractivity contribution in [3.8, 4) is 5.75 Å². The molecule has 2 aliphatic carbocycles. The number of thiazole rings is 1. The molecule has 0 spiro atoms. The van der Waals surface area contributed by atoms with E-state index < -0.39 is 17.6 Å². The summed E-state index contributed by atoms with van der Waals surface area (Å²) in [5.41, 5.74) is 6.46. The highest BCUT2D eigenvalue weighted by Gasteiger charge is 2.26. The number of rotatable bonds is 8. The van der Waals surface area contributed by atoms with Gasteiger partial charge in [0, 0.05) is 11.6 Å². The zero-order valence-corrected chi connectivity index (χ0v) is 19.7. The normalized spacial score (nSPS) is 15.5. The number of nitrogens with two attached hydrogens (primary N) is 1. The summed E-state index contributed by atoms with van der Waals surface area (Å²) in [6.07, 6.45) is 7.24. The van der Waals surface area contributed by atoms with E-state index in [0.717, 1.165) is 37.0 Å². The SMILES string of the molecule is Cc1cc(F)c(C(=O)Nc2ccc(OC3CC3)cn2)cc1NC(=O)c1cnc(/N=C(\N)C2CC2)s1. The summed E-state index contributed by atoms with van der Waals surface area (Å²) in [5.74, 6) is -0.148. The van der Waals surface area contributed by atoms with Crippen LogP contribution in [0.5, 0.6) is 5.75 Å². The predicted molar refractivity (Wildman–Crippen MR) is 131 cm³/mol. The Morgan fingerprint density at radius 1 is 1.11 bits per heavy atom. The second-order valence-corrected chi connectivity index (χ2v) is 9.58. The number of anilines is 2. The molecule has 3 aromatic rings. The average Bonchev–Trinajstić information content (AvgIpc) is 3.76. The van der Waals surface area contributed by atoms with Crippen molar-refractivity contribution in [1.29, 1.82) is 0 Å². The predicted octanol–water partition coefficient (Wildman–Crippen LogP) is 4.43. The molecule has 9 nitrogen and oxygen atoms in total. The quantitative estimate of drug-likeness (QED) is 0.314. The number of halogens is 1. The van der Waals surface area contributed by atoms with E-state index in [1.54, 1.807) is 19.1 Å². The summed E-state index contributed by atoms with van der Waals surface area (Å²) < 4.78 is 20.2. The molecule has 2 fully saturated rings. The molecule has 5 rings (SSSR count). The Kier molecular flexibility index (Phi) is 6.16. The first-order valence-electron chi connectivity index (χ1n) is 11.2. The fourth-order valence-electron chi connectivity index (χ4n) is 3.25. The highest BCUT2D eigenvalue weighted by Crippen LogP contribution is 2.31. The Hall–Kier alpha value is -3.86. The molecule has 35 heavy (non-hydrogen) atoms. The monoisotopic (exact) mass is 494 g/mol. The standard InChI is InChI=1S/C24H23FN6O3S/c1-12-8-17(25)16(22(32)30-20-7-6-15(10-27-20)34-14-4-5-14)9-18(12)29-23(33)19-11-28-24(35-19)31-21(26)13-2-3-13/h6-11,13-14H,2-5H2,1H3,(H,29,33)(H2,26,28,31)(H,27,30,32). The molecule has 4 N–H and O–H groups in total. The van der Waals surface area contributed by atoms with Crippen LogP contribution in [0, 0.1) is 18.7 Å². The van der Waals surface area contributed by atoms with Gasteiger partial charge in [-0.15, -0.1) is 0 Å². The number of hydrogen-bond donors (Lipinski definition) is 3. The maximum atomic E-state index is 14.6. The van der Waals surface area contributed by atoms with Crippen LogP contribution >= 0.6 is 11.3 Å². The van der Waals surface area contributed by atoms with Gasteiger partial charge in [-0.1, -0.05) is 11.3 Å². The van der Waals surface area contributed by atoms with Crippen LogP contribution < -0.4 is 21.1 Å². The van der Waals surface area contributed by atoms with Gasteiger partial charge in [-0.2, -0.15) is 0 Å². The van der Waals surface area contributed by atoms with E-state index in [0.29, 0.717) is 38.8 Å². The molecule has 11 heteroatoms. The van der Waals surface area contributed by atoms with Crippen LogP contribution in [0.2, 0.25) is 0 Å². The molecule has 0 bridgehead atoms. The molecule has 0 unspecified atom stereocenters. The second-order valence-electron chi connectivity index (χ2n) is 8.57. The summed E-state index contributed by atoms with van der Waals surface area (Å²) in [6, 6.07) is 5.78. The maximum Gasteiger partial charge on any atom is 0.267 e. The third-order valence-corrected chi connectivity index (χ3v) is 6.44. The van der Waals surface area contributed by atoms with Crippen LogP contribution in [0.1, 0.15) is 51.3 Å². The van der Waals surface area contributed by atoms with Crippen LogP contribution in [0.4, 0.5) is 21.0 Å². The Labute approximate surface area is 204 Å². The van der Waals surface area contributed by atoms with Gasteiger partial charge >= 0.3 is 0 Å². The molecule has 2 saturated carbocycles. The van der Waals surface area contributed by atoms with Crippen molar-refractivity contribution in [3.63, 3.8) is 0 Å². The average molecular weight is 495 g/mol. The molecule has 2 amide bonds. The minimum atomic E-state index is -0.711. The minimum Gasteiger partial charge on any atom is -0.489 e. The summed E-state index contributed by atoms with van der Waals surface area (Å²) >= 11 is 1.10. The smallest absolute Gasteiger partial charge is 0.267 e. The zero-order chi connectivity index (χ0) is 24.5. The van der Waals surface area contributed by atoms with Crippen molar-refractivity contribution in [2.24, 2.45) is 16.6 Å². The third kappa shape index (κ3) is 5.62. The summed E-state index contributed by atoms with van der Waals surface area (Å²) in [5, 5.41) is 5.69. The van der Waals surface area contributed by atoms with Crippen LogP contribution in [-0.2, 0) is 0 Å². The van der Waals surface area contributed by atoms with Gasteiger partial charge in [-0.3, -0.25) is 9.59 Å². The Morgan fingerprint density at radius 2 is 1.91 bits per heavy atom. The van der Waals surface area contributed by atoms with E-state index in [1.807, 2.05) is 0 Å². The number of aryl methyl sites for hydroxylation is 1. The number of aromatic nitrogens is 2. The number of nitrogens with zero attached hydrogens (tertiary/aromatic N) is 3. The van der Waals surface area contributed by atoms with Crippen molar-refractivity contribution < 1.29 is 18.7 Å². The Morgan fingerprint density at radius 3 is 2.60 bits per heavy atom. The highest BCUT2D eigenvalue weighted by atomic mass is 32.1. The number of amides is 2. The molecular weight excluding hydrogens is 471 g/mol. The van der Waals surface area contributed by atoms with Crippen molar-refractivity contribution in [3.05, 3.63) is 58.5 Å². The number of carbonyl (C=O) groups is 2. The highest BCUT2D eigenvalue weighted by molar-refractivity contribution is 7.17. The maximum absolute atomic E-state index is 14.6. The fourth-order valence-corrected chi connectivity index (χ4v) is 3.96. The van der Waals surface area contributed by atoms with Gasteiger partial charge in [-0.25, -0.2) is 19.4 Å². The lowest BCUT2D eigenvalue weighted by molar-refractivity contribution is 0.101. The number of hydrogen-bond acceptors (Lipinski definition) is 7. The number of amidine groups is 1. The summed E-state index contributed by atoms with van der Waals surface area (Å²) in [6.45, 7) is 1.64. The summed E-state index contributed by atoms with van der Waals surface area (Å²) in [7, 11) is 0. The lowest BCUT2D eigenvalue weighted by Gasteiger charge is -2.12. The van der Waals surface area contributed by atoms with Crippen LogP contribution in [-0.4, -0.2) is 33.7 Å². The molecular formula is C24H23FN6O3S. The van der Waals surface area contributed by atoms with Crippen LogP contribution in [0.3, 0.4) is 0 Å². The molecule has 2 aromatic heterocycles.